The van der Waals surface area contributed by atoms with Crippen LogP contribution < -0.4 is 5.32 Å². The van der Waals surface area contributed by atoms with Gasteiger partial charge in [0.1, 0.15) is 5.01 Å². The number of nitrogens with one attached hydrogen (secondary N) is 1. The van der Waals surface area contributed by atoms with E-state index < -0.39 is 0 Å². The second-order valence-corrected chi connectivity index (χ2v) is 7.53. The van der Waals surface area contributed by atoms with Gasteiger partial charge in [-0.3, -0.25) is 0 Å². The van der Waals surface area contributed by atoms with Gasteiger partial charge < -0.3 is 10.1 Å². The van der Waals surface area contributed by atoms with E-state index in [2.05, 4.69) is 36.5 Å². The Labute approximate surface area is 127 Å². The highest BCUT2D eigenvalue weighted by molar-refractivity contribution is 7.09. The van der Waals surface area contributed by atoms with Gasteiger partial charge >= 0.3 is 0 Å². The zero-order chi connectivity index (χ0) is 14.4. The Morgan fingerprint density at radius 2 is 2.15 bits per heavy atom. The molecular weight excluding hydrogens is 268 g/mol. The standard InChI is InChI=1S/C16H28N2OS/c1-4-9-17-10-15-18-13(12-20-15)11-19-14-5-7-16(2,3)8-6-14/h12,14,17H,4-11H2,1-3H3. The second-order valence-electron chi connectivity index (χ2n) is 6.58. The fourth-order valence-electron chi connectivity index (χ4n) is 2.61. The number of nitrogens with zero attached hydrogens (tertiary/aromatic N) is 1. The van der Waals surface area contributed by atoms with E-state index in [1.165, 1.54) is 37.1 Å². The molecule has 0 aliphatic heterocycles. The Hall–Kier alpha value is -0.450. The fraction of sp³-hybridized carbons (Fsp3) is 0.812. The summed E-state index contributed by atoms with van der Waals surface area (Å²) >= 11 is 1.73. The van der Waals surface area contributed by atoms with Crippen molar-refractivity contribution in [2.75, 3.05) is 6.54 Å². The third kappa shape index (κ3) is 5.15. The molecule has 0 radical (unpaired) electrons. The maximum absolute atomic E-state index is 6.03. The zero-order valence-electron chi connectivity index (χ0n) is 13.1. The lowest BCUT2D eigenvalue weighted by Crippen LogP contribution is -2.26. The van der Waals surface area contributed by atoms with Gasteiger partial charge in [0.25, 0.3) is 0 Å². The number of hydrogen-bond donors (Lipinski definition) is 1. The van der Waals surface area contributed by atoms with Gasteiger partial charge in [0.15, 0.2) is 0 Å². The minimum Gasteiger partial charge on any atom is -0.372 e. The Bertz CT molecular complexity index is 393. The van der Waals surface area contributed by atoms with Crippen molar-refractivity contribution in [1.29, 1.82) is 0 Å². The minimum absolute atomic E-state index is 0.436. The first kappa shape index (κ1) is 15.9. The molecule has 1 saturated carbocycles. The minimum atomic E-state index is 0.436. The molecule has 1 N–H and O–H groups in total. The molecule has 0 saturated heterocycles. The van der Waals surface area contributed by atoms with Gasteiger partial charge in [0, 0.05) is 11.9 Å². The highest BCUT2D eigenvalue weighted by atomic mass is 32.1. The Morgan fingerprint density at radius 3 is 2.85 bits per heavy atom. The van der Waals surface area contributed by atoms with Gasteiger partial charge in [-0.2, -0.15) is 0 Å². The van der Waals surface area contributed by atoms with Crippen molar-refractivity contribution in [3.63, 3.8) is 0 Å². The van der Waals surface area contributed by atoms with Crippen molar-refractivity contribution in [3.8, 4) is 0 Å². The molecule has 2 rings (SSSR count). The van der Waals surface area contributed by atoms with Crippen molar-refractivity contribution in [3.05, 3.63) is 16.1 Å². The molecule has 1 fully saturated rings. The van der Waals surface area contributed by atoms with Crippen LogP contribution in [-0.4, -0.2) is 17.6 Å². The topological polar surface area (TPSA) is 34.2 Å². The molecule has 1 aromatic rings. The fourth-order valence-corrected chi connectivity index (χ4v) is 3.36. The van der Waals surface area contributed by atoms with E-state index >= 15 is 0 Å². The van der Waals surface area contributed by atoms with Crippen LogP contribution in [-0.2, 0) is 17.9 Å². The van der Waals surface area contributed by atoms with Crippen LogP contribution in [0.15, 0.2) is 5.38 Å². The summed E-state index contributed by atoms with van der Waals surface area (Å²) in [6.45, 7) is 9.52. The molecule has 4 heteroatoms. The van der Waals surface area contributed by atoms with Gasteiger partial charge in [0.2, 0.25) is 0 Å². The molecule has 1 aliphatic rings. The number of hydrogen-bond acceptors (Lipinski definition) is 4. The van der Waals surface area contributed by atoms with Crippen LogP contribution in [0, 0.1) is 5.41 Å². The van der Waals surface area contributed by atoms with Crippen molar-refractivity contribution < 1.29 is 4.74 Å². The van der Waals surface area contributed by atoms with Gasteiger partial charge in [-0.15, -0.1) is 11.3 Å². The number of thiazole rings is 1. The SMILES string of the molecule is CCCNCc1nc(COC2CCC(C)(C)CC2)cs1. The van der Waals surface area contributed by atoms with Crippen LogP contribution in [0.4, 0.5) is 0 Å². The molecule has 0 bridgehead atoms. The summed E-state index contributed by atoms with van der Waals surface area (Å²) in [4.78, 5) is 4.63. The van der Waals surface area contributed by atoms with Crippen LogP contribution in [0.5, 0.6) is 0 Å². The first-order valence-corrected chi connectivity index (χ1v) is 8.72. The van der Waals surface area contributed by atoms with Crippen molar-refractivity contribution in [2.45, 2.75) is 72.1 Å². The van der Waals surface area contributed by atoms with Gasteiger partial charge in [-0.1, -0.05) is 20.8 Å². The molecule has 114 valence electrons. The van der Waals surface area contributed by atoms with Crippen LogP contribution in [0.25, 0.3) is 0 Å². The lowest BCUT2D eigenvalue weighted by atomic mass is 9.76. The summed E-state index contributed by atoms with van der Waals surface area (Å²) in [6, 6.07) is 0. The van der Waals surface area contributed by atoms with E-state index in [1.54, 1.807) is 11.3 Å². The zero-order valence-corrected chi connectivity index (χ0v) is 13.9. The first-order chi connectivity index (χ1) is 9.59. The molecule has 0 unspecified atom stereocenters. The third-order valence-corrected chi connectivity index (χ3v) is 4.95. The van der Waals surface area contributed by atoms with Gasteiger partial charge in [0.05, 0.1) is 18.4 Å². The molecule has 1 aliphatic carbocycles. The maximum Gasteiger partial charge on any atom is 0.107 e. The monoisotopic (exact) mass is 296 g/mol. The Morgan fingerprint density at radius 1 is 1.40 bits per heavy atom. The lowest BCUT2D eigenvalue weighted by Gasteiger charge is -2.34. The van der Waals surface area contributed by atoms with Gasteiger partial charge in [-0.25, -0.2) is 4.98 Å². The van der Waals surface area contributed by atoms with E-state index in [0.29, 0.717) is 18.1 Å². The number of rotatable bonds is 7. The average Bonchev–Trinajstić information content (AvgIpc) is 2.86. The molecule has 3 nitrogen and oxygen atoms in total. The molecule has 0 aromatic carbocycles. The van der Waals surface area contributed by atoms with E-state index in [0.717, 1.165) is 18.8 Å². The molecular formula is C16H28N2OS. The maximum atomic E-state index is 6.03. The highest BCUT2D eigenvalue weighted by Gasteiger charge is 2.27. The Kier molecular flexibility index (Phi) is 6.00. The second kappa shape index (κ2) is 7.53. The lowest BCUT2D eigenvalue weighted by molar-refractivity contribution is -0.00674. The predicted molar refractivity (Wildman–Crippen MR) is 84.9 cm³/mol. The smallest absolute Gasteiger partial charge is 0.107 e. The largest absolute Gasteiger partial charge is 0.372 e. The molecule has 1 aromatic heterocycles. The highest BCUT2D eigenvalue weighted by Crippen LogP contribution is 2.36. The molecule has 0 amide bonds. The number of ether oxygens (including phenoxy) is 1. The van der Waals surface area contributed by atoms with E-state index in [4.69, 9.17) is 4.74 Å². The number of aromatic nitrogens is 1. The molecule has 20 heavy (non-hydrogen) atoms. The van der Waals surface area contributed by atoms with Crippen LogP contribution >= 0.6 is 11.3 Å². The van der Waals surface area contributed by atoms with E-state index in [1.807, 2.05) is 0 Å². The van der Waals surface area contributed by atoms with Crippen LogP contribution in [0.1, 0.15) is 63.6 Å². The Balaban J connectivity index is 1.69. The van der Waals surface area contributed by atoms with Crippen molar-refractivity contribution in [1.82, 2.24) is 10.3 Å². The summed E-state index contributed by atoms with van der Waals surface area (Å²) in [6.07, 6.45) is 6.55. The summed E-state index contributed by atoms with van der Waals surface area (Å²) in [5, 5.41) is 6.69. The predicted octanol–water partition coefficient (Wildman–Crippen LogP) is 4.13. The molecule has 0 spiro atoms. The van der Waals surface area contributed by atoms with Crippen LogP contribution in [0.3, 0.4) is 0 Å². The summed E-state index contributed by atoms with van der Waals surface area (Å²) in [5.74, 6) is 0. The quantitative estimate of drug-likeness (QED) is 0.768. The summed E-state index contributed by atoms with van der Waals surface area (Å²) in [5.41, 5.74) is 1.60. The van der Waals surface area contributed by atoms with E-state index in [9.17, 15) is 0 Å². The third-order valence-electron chi connectivity index (χ3n) is 4.06. The van der Waals surface area contributed by atoms with Crippen molar-refractivity contribution in [2.24, 2.45) is 5.41 Å². The normalized spacial score (nSPS) is 19.4. The summed E-state index contributed by atoms with van der Waals surface area (Å²) in [7, 11) is 0. The average molecular weight is 296 g/mol. The van der Waals surface area contributed by atoms with Crippen LogP contribution in [0.2, 0.25) is 0 Å². The first-order valence-electron chi connectivity index (χ1n) is 7.85. The molecule has 1 heterocycles. The van der Waals surface area contributed by atoms with Crippen molar-refractivity contribution >= 4 is 11.3 Å². The summed E-state index contributed by atoms with van der Waals surface area (Å²) < 4.78 is 6.03. The van der Waals surface area contributed by atoms with Gasteiger partial charge in [-0.05, 0) is 44.1 Å². The molecule has 0 atom stereocenters. The van der Waals surface area contributed by atoms with E-state index in [-0.39, 0.29) is 0 Å².